The molecule has 0 aliphatic heterocycles. The Balaban J connectivity index is 2.52. The molecule has 0 radical (unpaired) electrons. The van der Waals surface area contributed by atoms with E-state index in [1.807, 2.05) is 25.1 Å². The smallest absolute Gasteiger partial charge is 0.197 e. The van der Waals surface area contributed by atoms with E-state index in [1.165, 1.54) is 0 Å². The first-order valence-electron chi connectivity index (χ1n) is 4.95. The molecule has 2 aromatic rings. The highest BCUT2D eigenvalue weighted by atomic mass is 79.9. The Morgan fingerprint density at radius 2 is 2.00 bits per heavy atom. The molecule has 0 amide bonds. The van der Waals surface area contributed by atoms with Gasteiger partial charge in [-0.15, -0.1) is 0 Å². The van der Waals surface area contributed by atoms with Crippen molar-refractivity contribution < 1.29 is 4.74 Å². The van der Waals surface area contributed by atoms with Gasteiger partial charge in [0.25, 0.3) is 0 Å². The molecule has 0 atom stereocenters. The Bertz CT molecular complexity index is 540. The van der Waals surface area contributed by atoms with Crippen molar-refractivity contribution in [1.29, 1.82) is 0 Å². The molecule has 1 heterocycles. The molecular weight excluding hydrogens is 304 g/mol. The molecule has 0 aliphatic rings. The van der Waals surface area contributed by atoms with Crippen LogP contribution in [-0.2, 0) is 0 Å². The molecule has 1 aromatic heterocycles. The van der Waals surface area contributed by atoms with Gasteiger partial charge in [-0.3, -0.25) is 0 Å². The van der Waals surface area contributed by atoms with Crippen LogP contribution in [0.2, 0.25) is 5.02 Å². The van der Waals surface area contributed by atoms with Gasteiger partial charge in [0.05, 0.1) is 17.8 Å². The van der Waals surface area contributed by atoms with E-state index in [9.17, 15) is 0 Å². The number of nitrogens with zero attached hydrogens (tertiary/aromatic N) is 2. The number of benzene rings is 1. The summed E-state index contributed by atoms with van der Waals surface area (Å²) >= 11 is 9.46. The van der Waals surface area contributed by atoms with Crippen LogP contribution in [0.1, 0.15) is 5.69 Å². The maximum atomic E-state index is 6.19. The fourth-order valence-corrected chi connectivity index (χ4v) is 2.24. The van der Waals surface area contributed by atoms with E-state index in [1.54, 1.807) is 13.2 Å². The number of halogens is 2. The van der Waals surface area contributed by atoms with E-state index in [0.717, 1.165) is 22.7 Å². The molecule has 0 aliphatic carbocycles. The zero-order chi connectivity index (χ0) is 12.4. The summed E-state index contributed by atoms with van der Waals surface area (Å²) in [4.78, 5) is 8.46. The van der Waals surface area contributed by atoms with Crippen LogP contribution in [0.5, 0.6) is 5.75 Å². The molecule has 0 spiro atoms. The van der Waals surface area contributed by atoms with Gasteiger partial charge in [0.15, 0.2) is 4.73 Å². The maximum Gasteiger partial charge on any atom is 0.197 e. The van der Waals surface area contributed by atoms with Crippen LogP contribution in [0.4, 0.5) is 0 Å². The SMILES string of the molecule is COc1ccc(-c2cc(C)nc(Br)n2)c(Cl)c1. The Morgan fingerprint density at radius 3 is 2.59 bits per heavy atom. The Labute approximate surface area is 113 Å². The predicted molar refractivity (Wildman–Crippen MR) is 71.5 cm³/mol. The minimum absolute atomic E-state index is 0.555. The van der Waals surface area contributed by atoms with Crippen LogP contribution in [0.3, 0.4) is 0 Å². The molecule has 1 aromatic carbocycles. The molecule has 88 valence electrons. The lowest BCUT2D eigenvalue weighted by Gasteiger charge is -2.07. The minimum Gasteiger partial charge on any atom is -0.497 e. The average molecular weight is 314 g/mol. The van der Waals surface area contributed by atoms with Gasteiger partial charge in [-0.1, -0.05) is 11.6 Å². The van der Waals surface area contributed by atoms with E-state index in [4.69, 9.17) is 16.3 Å². The van der Waals surface area contributed by atoms with Gasteiger partial charge in [-0.25, -0.2) is 9.97 Å². The van der Waals surface area contributed by atoms with Crippen molar-refractivity contribution in [3.05, 3.63) is 39.7 Å². The zero-order valence-electron chi connectivity index (χ0n) is 9.37. The van der Waals surface area contributed by atoms with Crippen molar-refractivity contribution >= 4 is 27.5 Å². The minimum atomic E-state index is 0.555. The predicted octanol–water partition coefficient (Wildman–Crippen LogP) is 3.88. The molecule has 0 bridgehead atoms. The second-order valence-electron chi connectivity index (χ2n) is 3.51. The van der Waals surface area contributed by atoms with Gasteiger partial charge in [0, 0.05) is 11.3 Å². The molecule has 0 unspecified atom stereocenters. The van der Waals surface area contributed by atoms with Gasteiger partial charge in [-0.2, -0.15) is 0 Å². The average Bonchev–Trinajstić information content (AvgIpc) is 2.27. The van der Waals surface area contributed by atoms with Crippen LogP contribution < -0.4 is 4.74 Å². The molecule has 0 N–H and O–H groups in total. The van der Waals surface area contributed by atoms with E-state index >= 15 is 0 Å². The van der Waals surface area contributed by atoms with Crippen molar-refractivity contribution in [3.8, 4) is 17.0 Å². The third kappa shape index (κ3) is 2.76. The van der Waals surface area contributed by atoms with Crippen LogP contribution in [0.15, 0.2) is 29.0 Å². The van der Waals surface area contributed by atoms with Crippen molar-refractivity contribution in [1.82, 2.24) is 9.97 Å². The quantitative estimate of drug-likeness (QED) is 0.789. The summed E-state index contributed by atoms with van der Waals surface area (Å²) in [5, 5.41) is 0.606. The molecule has 5 heteroatoms. The lowest BCUT2D eigenvalue weighted by molar-refractivity contribution is 0.415. The standard InChI is InChI=1S/C12H10BrClN2O/c1-7-5-11(16-12(13)15-7)9-4-3-8(17-2)6-10(9)14/h3-6H,1-2H3. The van der Waals surface area contributed by atoms with Crippen molar-refractivity contribution in [3.63, 3.8) is 0 Å². The van der Waals surface area contributed by atoms with Crippen LogP contribution >= 0.6 is 27.5 Å². The molecule has 0 saturated carbocycles. The van der Waals surface area contributed by atoms with Crippen molar-refractivity contribution in [2.75, 3.05) is 7.11 Å². The Morgan fingerprint density at radius 1 is 1.24 bits per heavy atom. The summed E-state index contributed by atoms with van der Waals surface area (Å²) < 4.78 is 5.66. The van der Waals surface area contributed by atoms with Gasteiger partial charge in [0.1, 0.15) is 5.75 Å². The zero-order valence-corrected chi connectivity index (χ0v) is 11.7. The third-order valence-electron chi connectivity index (χ3n) is 2.28. The van der Waals surface area contributed by atoms with E-state index in [-0.39, 0.29) is 0 Å². The molecule has 2 rings (SSSR count). The topological polar surface area (TPSA) is 35.0 Å². The first kappa shape index (κ1) is 12.3. The Kier molecular flexibility index (Phi) is 3.64. The summed E-state index contributed by atoms with van der Waals surface area (Å²) in [6, 6.07) is 7.39. The summed E-state index contributed by atoms with van der Waals surface area (Å²) in [5.41, 5.74) is 2.53. The van der Waals surface area contributed by atoms with Crippen LogP contribution in [0.25, 0.3) is 11.3 Å². The summed E-state index contributed by atoms with van der Waals surface area (Å²) in [6.07, 6.45) is 0. The molecule has 0 fully saturated rings. The molecule has 3 nitrogen and oxygen atoms in total. The maximum absolute atomic E-state index is 6.19. The van der Waals surface area contributed by atoms with Gasteiger partial charge in [0.2, 0.25) is 0 Å². The summed E-state index contributed by atoms with van der Waals surface area (Å²) in [6.45, 7) is 1.91. The molecular formula is C12H10BrClN2O. The first-order chi connectivity index (χ1) is 8.10. The number of hydrogen-bond acceptors (Lipinski definition) is 3. The van der Waals surface area contributed by atoms with Crippen LogP contribution in [-0.4, -0.2) is 17.1 Å². The van der Waals surface area contributed by atoms with Crippen molar-refractivity contribution in [2.24, 2.45) is 0 Å². The highest BCUT2D eigenvalue weighted by molar-refractivity contribution is 9.10. The van der Waals surface area contributed by atoms with Gasteiger partial charge >= 0.3 is 0 Å². The highest BCUT2D eigenvalue weighted by Crippen LogP contribution is 2.30. The second kappa shape index (κ2) is 5.02. The largest absolute Gasteiger partial charge is 0.497 e. The van der Waals surface area contributed by atoms with E-state index in [2.05, 4.69) is 25.9 Å². The molecule has 17 heavy (non-hydrogen) atoms. The van der Waals surface area contributed by atoms with E-state index < -0.39 is 0 Å². The lowest BCUT2D eigenvalue weighted by Crippen LogP contribution is -1.92. The number of aryl methyl sites for hydroxylation is 1. The summed E-state index contributed by atoms with van der Waals surface area (Å²) in [5.74, 6) is 0.726. The molecule has 0 saturated heterocycles. The monoisotopic (exact) mass is 312 g/mol. The lowest BCUT2D eigenvalue weighted by atomic mass is 10.1. The van der Waals surface area contributed by atoms with E-state index in [0.29, 0.717) is 9.76 Å². The van der Waals surface area contributed by atoms with Crippen molar-refractivity contribution in [2.45, 2.75) is 6.92 Å². The summed E-state index contributed by atoms with van der Waals surface area (Å²) in [7, 11) is 1.61. The van der Waals surface area contributed by atoms with Crippen LogP contribution in [0, 0.1) is 6.92 Å². The number of hydrogen-bond donors (Lipinski definition) is 0. The Hall–Kier alpha value is -1.13. The number of aromatic nitrogens is 2. The highest BCUT2D eigenvalue weighted by Gasteiger charge is 2.08. The number of methoxy groups -OCH3 is 1. The fourth-order valence-electron chi connectivity index (χ4n) is 1.50. The van der Waals surface area contributed by atoms with Gasteiger partial charge in [-0.05, 0) is 47.1 Å². The normalized spacial score (nSPS) is 10.4. The fraction of sp³-hybridized carbons (Fsp3) is 0.167. The second-order valence-corrected chi connectivity index (χ2v) is 4.63. The van der Waals surface area contributed by atoms with Gasteiger partial charge < -0.3 is 4.74 Å². The first-order valence-corrected chi connectivity index (χ1v) is 6.12. The number of ether oxygens (including phenoxy) is 1. The third-order valence-corrected chi connectivity index (χ3v) is 2.95. The number of rotatable bonds is 2.